The minimum absolute atomic E-state index is 0.0344. The van der Waals surface area contributed by atoms with Gasteiger partial charge in [0, 0.05) is 24.4 Å². The maximum atomic E-state index is 12.2. The lowest BCUT2D eigenvalue weighted by Gasteiger charge is -2.30. The van der Waals surface area contributed by atoms with Gasteiger partial charge in [-0.25, -0.2) is 0 Å². The summed E-state index contributed by atoms with van der Waals surface area (Å²) in [5.74, 6) is 1.42. The third-order valence-corrected chi connectivity index (χ3v) is 5.08. The van der Waals surface area contributed by atoms with Crippen LogP contribution in [0.1, 0.15) is 51.5 Å². The van der Waals surface area contributed by atoms with Gasteiger partial charge in [-0.05, 0) is 50.3 Å². The van der Waals surface area contributed by atoms with E-state index in [0.717, 1.165) is 18.4 Å². The SMILES string of the molecule is CC[C@H](C)NC(=O)CC[C@@]1(Cc2ccc(OC)c(OC)c2)CCC(=O)N1. The van der Waals surface area contributed by atoms with Gasteiger partial charge >= 0.3 is 0 Å². The number of benzene rings is 1. The van der Waals surface area contributed by atoms with Crippen LogP contribution in [0.5, 0.6) is 11.5 Å². The van der Waals surface area contributed by atoms with Crippen molar-refractivity contribution in [2.45, 2.75) is 64.0 Å². The monoisotopic (exact) mass is 362 g/mol. The molecule has 2 atom stereocenters. The zero-order valence-electron chi connectivity index (χ0n) is 16.2. The van der Waals surface area contributed by atoms with Crippen LogP contribution in [0.25, 0.3) is 0 Å². The first kappa shape index (κ1) is 20.1. The summed E-state index contributed by atoms with van der Waals surface area (Å²) >= 11 is 0. The van der Waals surface area contributed by atoms with Crippen molar-refractivity contribution in [3.05, 3.63) is 23.8 Å². The molecular formula is C20H30N2O4. The van der Waals surface area contributed by atoms with Crippen molar-refractivity contribution in [2.24, 2.45) is 0 Å². The molecule has 2 N–H and O–H groups in total. The second kappa shape index (κ2) is 8.92. The van der Waals surface area contributed by atoms with Crippen LogP contribution in [0.4, 0.5) is 0 Å². The standard InChI is InChI=1S/C20H30N2O4/c1-5-14(2)21-18(23)8-10-20(11-9-19(24)22-20)13-15-6-7-16(25-3)17(12-15)26-4/h6-7,12,14H,5,8-11,13H2,1-4H3,(H,21,23)(H,22,24)/t14-,20-/m0/s1. The Morgan fingerprint density at radius 3 is 2.62 bits per heavy atom. The fraction of sp³-hybridized carbons (Fsp3) is 0.600. The fourth-order valence-corrected chi connectivity index (χ4v) is 3.37. The Balaban J connectivity index is 2.09. The average Bonchev–Trinajstić information content (AvgIpc) is 3.00. The average molecular weight is 362 g/mol. The van der Waals surface area contributed by atoms with E-state index in [4.69, 9.17) is 9.47 Å². The maximum Gasteiger partial charge on any atom is 0.220 e. The van der Waals surface area contributed by atoms with Gasteiger partial charge in [-0.1, -0.05) is 13.0 Å². The molecule has 1 heterocycles. The molecule has 1 aliphatic rings. The highest BCUT2D eigenvalue weighted by Crippen LogP contribution is 2.33. The molecule has 1 fully saturated rings. The molecule has 6 nitrogen and oxygen atoms in total. The number of nitrogens with one attached hydrogen (secondary N) is 2. The number of hydrogen-bond donors (Lipinski definition) is 2. The van der Waals surface area contributed by atoms with E-state index in [-0.39, 0.29) is 23.4 Å². The second-order valence-corrected chi connectivity index (χ2v) is 7.07. The van der Waals surface area contributed by atoms with Gasteiger partial charge in [0.2, 0.25) is 11.8 Å². The predicted octanol–water partition coefficient (Wildman–Crippen LogP) is 2.59. The molecule has 2 rings (SSSR count). The van der Waals surface area contributed by atoms with Crippen LogP contribution in [0.15, 0.2) is 18.2 Å². The zero-order valence-corrected chi connectivity index (χ0v) is 16.2. The molecule has 1 aromatic rings. The van der Waals surface area contributed by atoms with E-state index in [1.165, 1.54) is 0 Å². The van der Waals surface area contributed by atoms with E-state index in [2.05, 4.69) is 10.6 Å². The third kappa shape index (κ3) is 5.13. The van der Waals surface area contributed by atoms with Crippen LogP contribution < -0.4 is 20.1 Å². The summed E-state index contributed by atoms with van der Waals surface area (Å²) in [5.41, 5.74) is 0.663. The summed E-state index contributed by atoms with van der Waals surface area (Å²) < 4.78 is 10.7. The van der Waals surface area contributed by atoms with Gasteiger partial charge in [-0.15, -0.1) is 0 Å². The fourth-order valence-electron chi connectivity index (χ4n) is 3.37. The largest absolute Gasteiger partial charge is 0.493 e. The molecule has 0 bridgehead atoms. The molecule has 1 saturated heterocycles. The minimum Gasteiger partial charge on any atom is -0.493 e. The topological polar surface area (TPSA) is 76.7 Å². The molecule has 0 saturated carbocycles. The highest BCUT2D eigenvalue weighted by atomic mass is 16.5. The van der Waals surface area contributed by atoms with Crippen molar-refractivity contribution in [3.8, 4) is 11.5 Å². The van der Waals surface area contributed by atoms with Crippen molar-refractivity contribution < 1.29 is 19.1 Å². The lowest BCUT2D eigenvalue weighted by atomic mass is 9.84. The summed E-state index contributed by atoms with van der Waals surface area (Å²) in [4.78, 5) is 24.1. The Kier molecular flexibility index (Phi) is 6.89. The summed E-state index contributed by atoms with van der Waals surface area (Å²) in [7, 11) is 3.21. The molecule has 26 heavy (non-hydrogen) atoms. The highest BCUT2D eigenvalue weighted by molar-refractivity contribution is 5.80. The lowest BCUT2D eigenvalue weighted by Crippen LogP contribution is -2.45. The first-order chi connectivity index (χ1) is 12.4. The van der Waals surface area contributed by atoms with E-state index in [9.17, 15) is 9.59 Å². The van der Waals surface area contributed by atoms with Crippen molar-refractivity contribution >= 4 is 11.8 Å². The predicted molar refractivity (Wildman–Crippen MR) is 100 cm³/mol. The molecular weight excluding hydrogens is 332 g/mol. The lowest BCUT2D eigenvalue weighted by molar-refractivity contribution is -0.123. The zero-order chi connectivity index (χ0) is 19.2. The van der Waals surface area contributed by atoms with Gasteiger partial charge < -0.3 is 20.1 Å². The van der Waals surface area contributed by atoms with E-state index in [1.54, 1.807) is 14.2 Å². The third-order valence-electron chi connectivity index (χ3n) is 5.08. The quantitative estimate of drug-likeness (QED) is 0.708. The molecule has 6 heteroatoms. The van der Waals surface area contributed by atoms with E-state index in [1.807, 2.05) is 32.0 Å². The van der Waals surface area contributed by atoms with Crippen LogP contribution in [0, 0.1) is 0 Å². The van der Waals surface area contributed by atoms with Crippen molar-refractivity contribution in [1.82, 2.24) is 10.6 Å². The number of rotatable bonds is 9. The number of carbonyl (C=O) groups is 2. The van der Waals surface area contributed by atoms with E-state index in [0.29, 0.717) is 37.2 Å². The van der Waals surface area contributed by atoms with Crippen molar-refractivity contribution in [2.75, 3.05) is 14.2 Å². The van der Waals surface area contributed by atoms with Gasteiger partial charge in [0.05, 0.1) is 14.2 Å². The molecule has 1 aromatic carbocycles. The molecule has 144 valence electrons. The minimum atomic E-state index is -0.385. The Morgan fingerprint density at radius 2 is 2.04 bits per heavy atom. The number of methoxy groups -OCH3 is 2. The van der Waals surface area contributed by atoms with Gasteiger partial charge in [0.1, 0.15) is 0 Å². The van der Waals surface area contributed by atoms with Gasteiger partial charge in [0.15, 0.2) is 11.5 Å². The number of amides is 2. The van der Waals surface area contributed by atoms with Crippen molar-refractivity contribution in [1.29, 1.82) is 0 Å². The molecule has 0 spiro atoms. The van der Waals surface area contributed by atoms with Crippen molar-refractivity contribution in [3.63, 3.8) is 0 Å². The van der Waals surface area contributed by atoms with Crippen LogP contribution in [0.3, 0.4) is 0 Å². The molecule has 0 aliphatic carbocycles. The summed E-state index contributed by atoms with van der Waals surface area (Å²) in [5, 5.41) is 6.10. The van der Waals surface area contributed by atoms with Gasteiger partial charge in [-0.2, -0.15) is 0 Å². The molecule has 0 radical (unpaired) electrons. The Morgan fingerprint density at radius 1 is 1.31 bits per heavy atom. The van der Waals surface area contributed by atoms with Crippen LogP contribution in [-0.4, -0.2) is 37.6 Å². The summed E-state index contributed by atoms with van der Waals surface area (Å²) in [6.45, 7) is 4.04. The Hall–Kier alpha value is -2.24. The smallest absolute Gasteiger partial charge is 0.220 e. The second-order valence-electron chi connectivity index (χ2n) is 7.07. The number of carbonyl (C=O) groups excluding carboxylic acids is 2. The van der Waals surface area contributed by atoms with E-state index < -0.39 is 0 Å². The Bertz CT molecular complexity index is 647. The van der Waals surface area contributed by atoms with Crippen LogP contribution in [-0.2, 0) is 16.0 Å². The molecule has 0 aromatic heterocycles. The normalized spacial score (nSPS) is 20.4. The first-order valence-electron chi connectivity index (χ1n) is 9.22. The van der Waals surface area contributed by atoms with E-state index >= 15 is 0 Å². The molecule has 1 aliphatic heterocycles. The summed E-state index contributed by atoms with van der Waals surface area (Å²) in [6.07, 6.45) is 3.82. The molecule has 0 unspecified atom stereocenters. The summed E-state index contributed by atoms with van der Waals surface area (Å²) in [6, 6.07) is 5.95. The number of hydrogen-bond acceptors (Lipinski definition) is 4. The first-order valence-corrected chi connectivity index (χ1v) is 9.22. The van der Waals surface area contributed by atoms with Crippen LogP contribution in [0.2, 0.25) is 0 Å². The maximum absolute atomic E-state index is 12.2. The Labute approximate surface area is 155 Å². The number of ether oxygens (including phenoxy) is 2. The molecule has 2 amide bonds. The van der Waals surface area contributed by atoms with Crippen LogP contribution >= 0.6 is 0 Å². The van der Waals surface area contributed by atoms with Gasteiger partial charge in [0.25, 0.3) is 0 Å². The van der Waals surface area contributed by atoms with Gasteiger partial charge in [-0.3, -0.25) is 9.59 Å². The highest BCUT2D eigenvalue weighted by Gasteiger charge is 2.38.